The average Bonchev–Trinajstić information content (AvgIpc) is 2.96. The van der Waals surface area contributed by atoms with Gasteiger partial charge in [0.1, 0.15) is 0 Å². The van der Waals surface area contributed by atoms with Crippen molar-refractivity contribution >= 4 is 11.6 Å². The number of carbonyl (C=O) groups is 1. The molecular weight excluding hydrogens is 285 g/mol. The van der Waals surface area contributed by atoms with Crippen LogP contribution in [0.5, 0.6) is 0 Å². The summed E-state index contributed by atoms with van der Waals surface area (Å²) in [5.74, 6) is -0.597. The van der Waals surface area contributed by atoms with Crippen molar-refractivity contribution in [1.29, 1.82) is 0 Å². The summed E-state index contributed by atoms with van der Waals surface area (Å²) in [6.45, 7) is 0.151. The molecule has 0 aliphatic carbocycles. The van der Waals surface area contributed by atoms with E-state index in [4.69, 9.17) is 0 Å². The molecule has 2 rings (SSSR count). The molecule has 0 saturated carbocycles. The maximum absolute atomic E-state index is 12.7. The minimum absolute atomic E-state index is 0.0631. The number of carbonyl (C=O) groups excluding carboxylic acids is 1. The topological polar surface area (TPSA) is 69.8 Å². The van der Waals surface area contributed by atoms with Crippen molar-refractivity contribution in [3.05, 3.63) is 47.5 Å². The first-order chi connectivity index (χ1) is 9.91. The lowest BCUT2D eigenvalue weighted by atomic mass is 10.1. The molecule has 3 N–H and O–H groups in total. The third-order valence-electron chi connectivity index (χ3n) is 2.86. The number of amides is 1. The molecule has 1 heterocycles. The molecule has 0 fully saturated rings. The lowest BCUT2D eigenvalue weighted by molar-refractivity contribution is -0.137. The van der Waals surface area contributed by atoms with E-state index >= 15 is 0 Å². The van der Waals surface area contributed by atoms with E-state index in [0.717, 1.165) is 12.1 Å². The largest absolute Gasteiger partial charge is 0.416 e. The van der Waals surface area contributed by atoms with Gasteiger partial charge in [-0.15, -0.1) is 0 Å². The molecule has 21 heavy (non-hydrogen) atoms. The highest BCUT2D eigenvalue weighted by Gasteiger charge is 2.31. The zero-order chi connectivity index (χ0) is 15.5. The van der Waals surface area contributed by atoms with Gasteiger partial charge in [0.2, 0.25) is 0 Å². The number of anilines is 1. The van der Waals surface area contributed by atoms with Crippen LogP contribution < -0.4 is 10.6 Å². The van der Waals surface area contributed by atoms with Crippen molar-refractivity contribution in [2.75, 3.05) is 12.4 Å². The van der Waals surface area contributed by atoms with Crippen molar-refractivity contribution in [3.63, 3.8) is 0 Å². The van der Waals surface area contributed by atoms with Gasteiger partial charge in [0.15, 0.2) is 0 Å². The lowest BCUT2D eigenvalue weighted by Gasteiger charge is -2.13. The Labute approximate surface area is 118 Å². The number of hydrogen-bond donors (Lipinski definition) is 3. The van der Waals surface area contributed by atoms with Crippen LogP contribution >= 0.6 is 0 Å². The van der Waals surface area contributed by atoms with Gasteiger partial charge in [-0.3, -0.25) is 4.79 Å². The summed E-state index contributed by atoms with van der Waals surface area (Å²) in [4.78, 5) is 18.6. The molecule has 0 unspecified atom stereocenters. The number of halogens is 3. The smallest absolute Gasteiger partial charge is 0.387 e. The molecule has 1 amide bonds. The van der Waals surface area contributed by atoms with Gasteiger partial charge in [0.25, 0.3) is 5.91 Å². The van der Waals surface area contributed by atoms with E-state index in [1.807, 2.05) is 0 Å². The third-order valence-corrected chi connectivity index (χ3v) is 2.86. The van der Waals surface area contributed by atoms with E-state index < -0.39 is 17.6 Å². The minimum Gasteiger partial charge on any atom is -0.387 e. The van der Waals surface area contributed by atoms with Crippen LogP contribution in [0.25, 0.3) is 0 Å². The molecule has 5 nitrogen and oxygen atoms in total. The minimum atomic E-state index is -4.50. The molecule has 0 bridgehead atoms. The SMILES string of the molecule is CNc1ccc(C(F)(F)F)cc1C(=O)NCc1cnc[nH]1. The van der Waals surface area contributed by atoms with Crippen LogP contribution in [0.1, 0.15) is 21.6 Å². The molecule has 1 aromatic carbocycles. The number of benzene rings is 1. The van der Waals surface area contributed by atoms with Gasteiger partial charge in [-0.2, -0.15) is 13.2 Å². The Kier molecular flexibility index (Phi) is 4.15. The fourth-order valence-electron chi connectivity index (χ4n) is 1.78. The molecule has 0 radical (unpaired) electrons. The first kappa shape index (κ1) is 14.9. The average molecular weight is 298 g/mol. The van der Waals surface area contributed by atoms with Crippen LogP contribution in [0, 0.1) is 0 Å². The lowest BCUT2D eigenvalue weighted by Crippen LogP contribution is -2.24. The number of rotatable bonds is 4. The highest BCUT2D eigenvalue weighted by atomic mass is 19.4. The number of nitrogens with one attached hydrogen (secondary N) is 3. The first-order valence-corrected chi connectivity index (χ1v) is 6.06. The summed E-state index contributed by atoms with van der Waals surface area (Å²) in [5.41, 5.74) is 0.0477. The molecule has 2 aromatic rings. The van der Waals surface area contributed by atoms with Crippen LogP contribution in [-0.4, -0.2) is 22.9 Å². The molecule has 0 saturated heterocycles. The Hall–Kier alpha value is -2.51. The summed E-state index contributed by atoms with van der Waals surface area (Å²) in [6, 6.07) is 2.99. The van der Waals surface area contributed by atoms with Crippen molar-refractivity contribution in [3.8, 4) is 0 Å². The molecule has 0 spiro atoms. The van der Waals surface area contributed by atoms with E-state index in [1.54, 1.807) is 0 Å². The Bertz CT molecular complexity index is 623. The van der Waals surface area contributed by atoms with Crippen molar-refractivity contribution in [1.82, 2.24) is 15.3 Å². The van der Waals surface area contributed by atoms with Gasteiger partial charge in [-0.05, 0) is 18.2 Å². The molecule has 0 atom stereocenters. The molecular formula is C13H13F3N4O. The van der Waals surface area contributed by atoms with Gasteiger partial charge < -0.3 is 15.6 Å². The second kappa shape index (κ2) is 5.86. The highest BCUT2D eigenvalue weighted by Crippen LogP contribution is 2.31. The standard InChI is InChI=1S/C13H13F3N4O/c1-17-11-3-2-8(13(14,15)16)4-10(11)12(21)19-6-9-5-18-7-20-9/h2-5,7,17H,6H2,1H3,(H,18,20)(H,19,21). The van der Waals surface area contributed by atoms with Crippen LogP contribution in [0.4, 0.5) is 18.9 Å². The summed E-state index contributed by atoms with van der Waals surface area (Å²) in [6.07, 6.45) is -1.53. The molecule has 0 aliphatic heterocycles. The number of imidazole rings is 1. The summed E-state index contributed by atoms with van der Waals surface area (Å²) < 4.78 is 38.1. The predicted octanol–water partition coefficient (Wildman–Crippen LogP) is 2.40. The Morgan fingerprint density at radius 3 is 2.71 bits per heavy atom. The van der Waals surface area contributed by atoms with Crippen LogP contribution in [0.2, 0.25) is 0 Å². The van der Waals surface area contributed by atoms with Gasteiger partial charge >= 0.3 is 6.18 Å². The second-order valence-electron chi connectivity index (χ2n) is 4.27. The highest BCUT2D eigenvalue weighted by molar-refractivity contribution is 5.99. The summed E-state index contributed by atoms with van der Waals surface area (Å²) in [5, 5.41) is 5.24. The van der Waals surface area contributed by atoms with Gasteiger partial charge in [-0.1, -0.05) is 0 Å². The Morgan fingerprint density at radius 2 is 2.14 bits per heavy atom. The third kappa shape index (κ3) is 3.53. The Morgan fingerprint density at radius 1 is 1.38 bits per heavy atom. The monoisotopic (exact) mass is 298 g/mol. The van der Waals surface area contributed by atoms with E-state index in [0.29, 0.717) is 11.4 Å². The normalized spacial score (nSPS) is 11.2. The fraction of sp³-hybridized carbons (Fsp3) is 0.231. The van der Waals surface area contributed by atoms with E-state index in [1.165, 1.54) is 25.6 Å². The van der Waals surface area contributed by atoms with Gasteiger partial charge in [0, 0.05) is 18.9 Å². The first-order valence-electron chi connectivity index (χ1n) is 6.06. The number of aromatic nitrogens is 2. The van der Waals surface area contributed by atoms with Crippen LogP contribution in [0.3, 0.4) is 0 Å². The number of H-pyrrole nitrogens is 1. The number of nitrogens with zero attached hydrogens (tertiary/aromatic N) is 1. The zero-order valence-corrected chi connectivity index (χ0v) is 11.1. The summed E-state index contributed by atoms with van der Waals surface area (Å²) in [7, 11) is 1.54. The molecule has 1 aromatic heterocycles. The summed E-state index contributed by atoms with van der Waals surface area (Å²) >= 11 is 0. The number of hydrogen-bond acceptors (Lipinski definition) is 3. The van der Waals surface area contributed by atoms with Gasteiger partial charge in [0.05, 0.1) is 29.7 Å². The molecule has 8 heteroatoms. The van der Waals surface area contributed by atoms with Crippen LogP contribution in [0.15, 0.2) is 30.7 Å². The maximum Gasteiger partial charge on any atom is 0.416 e. The molecule has 0 aliphatic rings. The quantitative estimate of drug-likeness (QED) is 0.812. The molecule has 112 valence electrons. The zero-order valence-electron chi connectivity index (χ0n) is 11.1. The predicted molar refractivity (Wildman–Crippen MR) is 70.7 cm³/mol. The van der Waals surface area contributed by atoms with Crippen LogP contribution in [-0.2, 0) is 12.7 Å². The fourth-order valence-corrected chi connectivity index (χ4v) is 1.78. The van der Waals surface area contributed by atoms with E-state index in [-0.39, 0.29) is 12.1 Å². The van der Waals surface area contributed by atoms with E-state index in [9.17, 15) is 18.0 Å². The maximum atomic E-state index is 12.7. The van der Waals surface area contributed by atoms with Crippen molar-refractivity contribution in [2.24, 2.45) is 0 Å². The van der Waals surface area contributed by atoms with Crippen molar-refractivity contribution < 1.29 is 18.0 Å². The Balaban J connectivity index is 2.21. The number of alkyl halides is 3. The number of aromatic amines is 1. The van der Waals surface area contributed by atoms with E-state index in [2.05, 4.69) is 20.6 Å². The van der Waals surface area contributed by atoms with Gasteiger partial charge in [-0.25, -0.2) is 4.98 Å². The second-order valence-corrected chi connectivity index (χ2v) is 4.27. The van der Waals surface area contributed by atoms with Crippen molar-refractivity contribution in [2.45, 2.75) is 12.7 Å².